The van der Waals surface area contributed by atoms with E-state index in [4.69, 9.17) is 9.26 Å². The molecule has 0 aliphatic carbocycles. The number of fused-ring (bicyclic) bond motifs is 1. The van der Waals surface area contributed by atoms with Crippen molar-refractivity contribution in [2.45, 2.75) is 31.1 Å². The van der Waals surface area contributed by atoms with Crippen LogP contribution in [-0.2, 0) is 11.3 Å². The molecular weight excluding hydrogens is 358 g/mol. The molecule has 1 aliphatic rings. The van der Waals surface area contributed by atoms with Gasteiger partial charge in [0.2, 0.25) is 0 Å². The largest absolute Gasteiger partial charge is 0.394 e. The molecule has 3 N–H and O–H groups in total. The van der Waals surface area contributed by atoms with Crippen LogP contribution in [0.4, 0.5) is 0 Å². The molecule has 0 spiro atoms. The topological polar surface area (TPSA) is 140 Å². The molecule has 1 unspecified atom stereocenters. The van der Waals surface area contributed by atoms with E-state index in [1.165, 1.54) is 6.20 Å². The monoisotopic (exact) mass is 375 g/mol. The standard InChI is InChI=1S/C17H17N3O7/c21-8-12-14(23)15(24)16(26-12)19-6-5-13(22)20(17(19)25)7-10-9-3-1-2-4-11(9)27-18-10/h1-6,12,14-16,21,23-24H,7-8H2/t12-,14+,15?,16-/m1/s1. The lowest BCUT2D eigenvalue weighted by Gasteiger charge is -2.18. The summed E-state index contributed by atoms with van der Waals surface area (Å²) < 4.78 is 12.5. The highest BCUT2D eigenvalue weighted by Gasteiger charge is 2.43. The third kappa shape index (κ3) is 2.88. The molecule has 0 radical (unpaired) electrons. The van der Waals surface area contributed by atoms with Crippen molar-refractivity contribution in [3.8, 4) is 0 Å². The third-order valence-corrected chi connectivity index (χ3v) is 4.65. The Morgan fingerprint density at radius 3 is 2.63 bits per heavy atom. The summed E-state index contributed by atoms with van der Waals surface area (Å²) in [5, 5.41) is 33.8. The molecule has 10 nitrogen and oxygen atoms in total. The highest BCUT2D eigenvalue weighted by atomic mass is 16.6. The molecule has 1 fully saturated rings. The molecule has 1 saturated heterocycles. The second kappa shape index (κ2) is 6.74. The van der Waals surface area contributed by atoms with E-state index in [1.54, 1.807) is 24.3 Å². The van der Waals surface area contributed by atoms with E-state index >= 15 is 0 Å². The molecule has 142 valence electrons. The molecule has 10 heteroatoms. The maximum atomic E-state index is 12.8. The van der Waals surface area contributed by atoms with Crippen LogP contribution in [0.25, 0.3) is 11.0 Å². The van der Waals surface area contributed by atoms with E-state index < -0.39 is 42.4 Å². The maximum Gasteiger partial charge on any atom is 0.333 e. The van der Waals surface area contributed by atoms with Gasteiger partial charge in [-0.3, -0.25) is 13.9 Å². The number of nitrogens with zero attached hydrogens (tertiary/aromatic N) is 3. The van der Waals surface area contributed by atoms with E-state index in [1.807, 2.05) is 0 Å². The Kier molecular flexibility index (Phi) is 4.40. The molecule has 2 aromatic heterocycles. The number of rotatable bonds is 4. The van der Waals surface area contributed by atoms with Gasteiger partial charge in [0, 0.05) is 17.6 Å². The maximum absolute atomic E-state index is 12.8. The van der Waals surface area contributed by atoms with E-state index in [0.717, 1.165) is 15.2 Å². The molecule has 0 bridgehead atoms. The summed E-state index contributed by atoms with van der Waals surface area (Å²) >= 11 is 0. The van der Waals surface area contributed by atoms with Gasteiger partial charge in [0.1, 0.15) is 24.0 Å². The fourth-order valence-electron chi connectivity index (χ4n) is 3.18. The summed E-state index contributed by atoms with van der Waals surface area (Å²) in [6, 6.07) is 8.20. The van der Waals surface area contributed by atoms with Crippen LogP contribution in [-0.4, -0.2) is 54.5 Å². The Balaban J connectivity index is 1.74. The number of benzene rings is 1. The first-order valence-corrected chi connectivity index (χ1v) is 8.29. The van der Waals surface area contributed by atoms with Crippen LogP contribution in [0.3, 0.4) is 0 Å². The number of hydrogen-bond donors (Lipinski definition) is 3. The summed E-state index contributed by atoms with van der Waals surface area (Å²) in [6.45, 7) is -0.654. The van der Waals surface area contributed by atoms with Crippen molar-refractivity contribution in [1.82, 2.24) is 14.3 Å². The first-order valence-electron chi connectivity index (χ1n) is 8.29. The molecule has 0 amide bonds. The minimum atomic E-state index is -1.43. The van der Waals surface area contributed by atoms with Crippen LogP contribution < -0.4 is 11.2 Å². The van der Waals surface area contributed by atoms with Crippen LogP contribution in [0.15, 0.2) is 50.6 Å². The summed E-state index contributed by atoms with van der Waals surface area (Å²) in [5.74, 6) is 0. The van der Waals surface area contributed by atoms with Gasteiger partial charge in [0.05, 0.1) is 13.2 Å². The second-order valence-corrected chi connectivity index (χ2v) is 6.28. The fraction of sp³-hybridized carbons (Fsp3) is 0.353. The molecule has 0 saturated carbocycles. The summed E-state index contributed by atoms with van der Waals surface area (Å²) in [4.78, 5) is 25.1. The Morgan fingerprint density at radius 2 is 1.89 bits per heavy atom. The second-order valence-electron chi connectivity index (χ2n) is 6.28. The predicted octanol–water partition coefficient (Wildman–Crippen LogP) is -1.19. The van der Waals surface area contributed by atoms with Crippen molar-refractivity contribution in [3.05, 3.63) is 63.1 Å². The lowest BCUT2D eigenvalue weighted by atomic mass is 10.1. The first-order chi connectivity index (χ1) is 13.0. The minimum absolute atomic E-state index is 0.135. The van der Waals surface area contributed by atoms with Gasteiger partial charge in [-0.1, -0.05) is 17.3 Å². The van der Waals surface area contributed by atoms with Crippen molar-refractivity contribution >= 4 is 11.0 Å². The zero-order valence-corrected chi connectivity index (χ0v) is 14.0. The minimum Gasteiger partial charge on any atom is -0.394 e. The zero-order valence-electron chi connectivity index (χ0n) is 14.0. The number of aliphatic hydroxyl groups excluding tert-OH is 3. The molecule has 1 aromatic carbocycles. The van der Waals surface area contributed by atoms with Crippen molar-refractivity contribution in [3.63, 3.8) is 0 Å². The number of aliphatic hydroxyl groups is 3. The lowest BCUT2D eigenvalue weighted by Crippen LogP contribution is -2.43. The van der Waals surface area contributed by atoms with Gasteiger partial charge in [-0.2, -0.15) is 0 Å². The van der Waals surface area contributed by atoms with Gasteiger partial charge in [-0.25, -0.2) is 4.79 Å². The summed E-state index contributed by atoms with van der Waals surface area (Å²) in [7, 11) is 0. The van der Waals surface area contributed by atoms with E-state index in [9.17, 15) is 24.9 Å². The van der Waals surface area contributed by atoms with Crippen LogP contribution in [0.2, 0.25) is 0 Å². The number of ether oxygens (including phenoxy) is 1. The summed E-state index contributed by atoms with van der Waals surface area (Å²) in [5.41, 5.74) is -0.372. The van der Waals surface area contributed by atoms with Crippen molar-refractivity contribution in [2.75, 3.05) is 6.61 Å². The van der Waals surface area contributed by atoms with E-state index in [2.05, 4.69) is 5.16 Å². The lowest BCUT2D eigenvalue weighted by molar-refractivity contribution is -0.0555. The Morgan fingerprint density at radius 1 is 1.11 bits per heavy atom. The van der Waals surface area contributed by atoms with E-state index in [0.29, 0.717) is 16.7 Å². The summed E-state index contributed by atoms with van der Waals surface area (Å²) in [6.07, 6.45) is -3.87. The number of hydrogen-bond acceptors (Lipinski definition) is 8. The van der Waals surface area contributed by atoms with Crippen molar-refractivity contribution < 1.29 is 24.6 Å². The Labute approximate surface area is 151 Å². The van der Waals surface area contributed by atoms with Crippen LogP contribution in [0.1, 0.15) is 11.9 Å². The highest BCUT2D eigenvalue weighted by molar-refractivity contribution is 5.79. The number of aromatic nitrogens is 3. The van der Waals surface area contributed by atoms with Gasteiger partial charge >= 0.3 is 5.69 Å². The molecule has 3 heterocycles. The quantitative estimate of drug-likeness (QED) is 0.517. The first kappa shape index (κ1) is 17.6. The smallest absolute Gasteiger partial charge is 0.333 e. The molecular formula is C17H17N3O7. The van der Waals surface area contributed by atoms with Crippen molar-refractivity contribution in [2.24, 2.45) is 0 Å². The average Bonchev–Trinajstić information content (AvgIpc) is 3.21. The zero-order chi connectivity index (χ0) is 19.1. The molecule has 1 aliphatic heterocycles. The van der Waals surface area contributed by atoms with Gasteiger partial charge in [-0.05, 0) is 12.1 Å². The number of para-hydroxylation sites is 1. The molecule has 4 rings (SSSR count). The fourth-order valence-corrected chi connectivity index (χ4v) is 3.18. The van der Waals surface area contributed by atoms with Gasteiger partial charge in [0.15, 0.2) is 11.8 Å². The molecule has 3 aromatic rings. The highest BCUT2D eigenvalue weighted by Crippen LogP contribution is 2.27. The van der Waals surface area contributed by atoms with Gasteiger partial charge in [-0.15, -0.1) is 0 Å². The molecule has 27 heavy (non-hydrogen) atoms. The average molecular weight is 375 g/mol. The van der Waals surface area contributed by atoms with Gasteiger partial charge in [0.25, 0.3) is 5.56 Å². The van der Waals surface area contributed by atoms with Crippen LogP contribution in [0.5, 0.6) is 0 Å². The Bertz CT molecular complexity index is 1090. The third-order valence-electron chi connectivity index (χ3n) is 4.65. The SMILES string of the molecule is O=c1ccn([C@@H]2O[C@H](CO)[C@H](O)C2O)c(=O)n1Cc1noc2ccccc12. The van der Waals surface area contributed by atoms with Gasteiger partial charge < -0.3 is 24.6 Å². The molecule has 4 atom stereocenters. The van der Waals surface area contributed by atoms with Crippen molar-refractivity contribution in [1.29, 1.82) is 0 Å². The normalized spacial score (nSPS) is 25.3. The predicted molar refractivity (Wildman–Crippen MR) is 91.1 cm³/mol. The van der Waals surface area contributed by atoms with Crippen LogP contribution >= 0.6 is 0 Å². The van der Waals surface area contributed by atoms with Crippen LogP contribution in [0, 0.1) is 0 Å². The van der Waals surface area contributed by atoms with E-state index in [-0.39, 0.29) is 6.54 Å². The Hall–Kier alpha value is -2.79.